The summed E-state index contributed by atoms with van der Waals surface area (Å²) in [5, 5.41) is 11.7. The van der Waals surface area contributed by atoms with Crippen LogP contribution in [0.3, 0.4) is 0 Å². The Morgan fingerprint density at radius 3 is 2.47 bits per heavy atom. The van der Waals surface area contributed by atoms with Crippen LogP contribution in [0.25, 0.3) is 0 Å². The van der Waals surface area contributed by atoms with Gasteiger partial charge in [0.2, 0.25) is 11.8 Å². The zero-order valence-corrected chi connectivity index (χ0v) is 18.3. The van der Waals surface area contributed by atoms with Crippen molar-refractivity contribution in [3.05, 3.63) is 29.6 Å². The van der Waals surface area contributed by atoms with Crippen LogP contribution in [0.2, 0.25) is 0 Å². The molecule has 0 fully saturated rings. The van der Waals surface area contributed by atoms with Crippen molar-refractivity contribution in [3.63, 3.8) is 0 Å². The summed E-state index contributed by atoms with van der Waals surface area (Å²) in [5.41, 5.74) is 11.3. The Hall–Kier alpha value is -2.27. The minimum Gasteiger partial charge on any atom is -0.481 e. The third-order valence-corrected chi connectivity index (χ3v) is 6.40. The molecule has 1 unspecified atom stereocenters. The number of nitrogens with two attached hydrogens (primary N) is 2. The normalized spacial score (nSPS) is 11.6. The van der Waals surface area contributed by atoms with E-state index in [0.29, 0.717) is 18.7 Å². The second kappa shape index (κ2) is 14.7. The lowest BCUT2D eigenvalue weighted by atomic mass is 10.1. The number of nitrogens with zero attached hydrogens (tertiary/aromatic N) is 1. The van der Waals surface area contributed by atoms with Crippen molar-refractivity contribution in [2.75, 3.05) is 17.3 Å². The lowest BCUT2D eigenvalue weighted by Gasteiger charge is -2.15. The number of primary amides is 2. The minimum absolute atomic E-state index is 0.109. The number of hydrogen-bond donors (Lipinski definition) is 4. The van der Waals surface area contributed by atoms with Crippen LogP contribution in [0, 0.1) is 0 Å². The monoisotopic (exact) mass is 456 g/mol. The highest BCUT2D eigenvalue weighted by Crippen LogP contribution is 2.23. The Labute approximate surface area is 184 Å². The molecular formula is C19H28N4O5S2. The SMILES string of the molecule is NC(=O)CSC(CCCCC(=O)O)CCSCC(=O)NCc1ccc(C(N)=O)nc1. The quantitative estimate of drug-likeness (QED) is 0.269. The molecule has 0 aliphatic heterocycles. The van der Waals surface area contributed by atoms with Crippen molar-refractivity contribution in [2.45, 2.75) is 43.9 Å². The smallest absolute Gasteiger partial charge is 0.303 e. The van der Waals surface area contributed by atoms with Crippen LogP contribution in [0.4, 0.5) is 0 Å². The van der Waals surface area contributed by atoms with Gasteiger partial charge in [-0.3, -0.25) is 24.2 Å². The molecule has 1 heterocycles. The predicted molar refractivity (Wildman–Crippen MR) is 118 cm³/mol. The number of thioether (sulfide) groups is 2. The second-order valence-electron chi connectivity index (χ2n) is 6.57. The zero-order chi connectivity index (χ0) is 22.4. The van der Waals surface area contributed by atoms with Gasteiger partial charge in [-0.1, -0.05) is 12.5 Å². The number of carboxylic acids is 1. The fourth-order valence-electron chi connectivity index (χ4n) is 2.47. The number of carbonyl (C=O) groups excluding carboxylic acids is 3. The van der Waals surface area contributed by atoms with Gasteiger partial charge in [-0.05, 0) is 36.6 Å². The number of carbonyl (C=O) groups is 4. The van der Waals surface area contributed by atoms with E-state index in [4.69, 9.17) is 16.6 Å². The molecule has 0 saturated heterocycles. The van der Waals surface area contributed by atoms with Crippen molar-refractivity contribution < 1.29 is 24.3 Å². The van der Waals surface area contributed by atoms with E-state index in [0.717, 1.165) is 30.6 Å². The molecule has 1 rings (SSSR count). The molecule has 0 aliphatic rings. The highest BCUT2D eigenvalue weighted by Gasteiger charge is 2.12. The number of carboxylic acid groups (broad SMARTS) is 1. The number of hydrogen-bond acceptors (Lipinski definition) is 7. The van der Waals surface area contributed by atoms with Crippen LogP contribution in [0.5, 0.6) is 0 Å². The Balaban J connectivity index is 2.27. The molecule has 3 amide bonds. The van der Waals surface area contributed by atoms with E-state index < -0.39 is 11.9 Å². The van der Waals surface area contributed by atoms with Gasteiger partial charge in [0.05, 0.1) is 11.5 Å². The highest BCUT2D eigenvalue weighted by molar-refractivity contribution is 8.01. The lowest BCUT2D eigenvalue weighted by molar-refractivity contribution is -0.137. The maximum atomic E-state index is 12.0. The van der Waals surface area contributed by atoms with Crippen molar-refractivity contribution >= 4 is 47.2 Å². The van der Waals surface area contributed by atoms with Crippen molar-refractivity contribution in [1.82, 2.24) is 10.3 Å². The average molecular weight is 457 g/mol. The third-order valence-electron chi connectivity index (χ3n) is 4.01. The molecule has 9 nitrogen and oxygen atoms in total. The van der Waals surface area contributed by atoms with Gasteiger partial charge in [-0.25, -0.2) is 0 Å². The van der Waals surface area contributed by atoms with Gasteiger partial charge in [0.1, 0.15) is 5.69 Å². The molecule has 1 aromatic rings. The molecule has 1 aromatic heterocycles. The topological polar surface area (TPSA) is 165 Å². The van der Waals surface area contributed by atoms with Gasteiger partial charge < -0.3 is 21.9 Å². The van der Waals surface area contributed by atoms with Crippen LogP contribution >= 0.6 is 23.5 Å². The largest absolute Gasteiger partial charge is 0.481 e. The maximum Gasteiger partial charge on any atom is 0.303 e. The molecule has 0 aromatic carbocycles. The molecular weight excluding hydrogens is 428 g/mol. The summed E-state index contributed by atoms with van der Waals surface area (Å²) in [5.74, 6) is -0.607. The molecule has 0 saturated carbocycles. The molecule has 0 bridgehead atoms. The summed E-state index contributed by atoms with van der Waals surface area (Å²) in [6, 6.07) is 3.20. The first-order valence-electron chi connectivity index (χ1n) is 9.48. The Morgan fingerprint density at radius 2 is 1.87 bits per heavy atom. The van der Waals surface area contributed by atoms with E-state index in [-0.39, 0.29) is 34.9 Å². The van der Waals surface area contributed by atoms with Gasteiger partial charge in [0.15, 0.2) is 0 Å². The molecule has 166 valence electrons. The lowest BCUT2D eigenvalue weighted by Crippen LogP contribution is -2.25. The Bertz CT molecular complexity index is 715. The van der Waals surface area contributed by atoms with E-state index in [2.05, 4.69) is 10.3 Å². The summed E-state index contributed by atoms with van der Waals surface area (Å²) in [6.45, 7) is 0.312. The highest BCUT2D eigenvalue weighted by atomic mass is 32.2. The predicted octanol–water partition coefficient (Wildman–Crippen LogP) is 1.15. The van der Waals surface area contributed by atoms with Crippen LogP contribution in [0.15, 0.2) is 18.3 Å². The zero-order valence-electron chi connectivity index (χ0n) is 16.7. The summed E-state index contributed by atoms with van der Waals surface area (Å²) >= 11 is 2.98. The standard InChI is InChI=1S/C19H28N4O5S2/c20-16(24)11-30-14(3-1-2-4-18(26)27)7-8-29-12-17(25)23-10-13-5-6-15(19(21)28)22-9-13/h5-6,9,14H,1-4,7-8,10-12H2,(H2,20,24)(H2,21,28)(H,23,25)(H,26,27). The van der Waals surface area contributed by atoms with Crippen molar-refractivity contribution in [1.29, 1.82) is 0 Å². The molecule has 0 aliphatic carbocycles. The average Bonchev–Trinajstić information content (AvgIpc) is 2.70. The summed E-state index contributed by atoms with van der Waals surface area (Å²) in [4.78, 5) is 48.5. The minimum atomic E-state index is -0.808. The maximum absolute atomic E-state index is 12.0. The number of amides is 3. The number of aliphatic carboxylic acids is 1. The first-order chi connectivity index (χ1) is 14.3. The van der Waals surface area contributed by atoms with Gasteiger partial charge in [0, 0.05) is 24.4 Å². The van der Waals surface area contributed by atoms with Gasteiger partial charge in [-0.15, -0.1) is 11.8 Å². The van der Waals surface area contributed by atoms with Crippen molar-refractivity contribution in [3.8, 4) is 0 Å². The summed E-state index contributed by atoms with van der Waals surface area (Å²) < 4.78 is 0. The molecule has 1 atom stereocenters. The molecule has 0 spiro atoms. The van der Waals surface area contributed by atoms with Crippen LogP contribution in [0.1, 0.15) is 48.2 Å². The first kappa shape index (κ1) is 25.8. The van der Waals surface area contributed by atoms with E-state index in [1.54, 1.807) is 6.07 Å². The first-order valence-corrected chi connectivity index (χ1v) is 11.7. The van der Waals surface area contributed by atoms with Gasteiger partial charge in [0.25, 0.3) is 5.91 Å². The van der Waals surface area contributed by atoms with E-state index in [9.17, 15) is 19.2 Å². The van der Waals surface area contributed by atoms with Crippen LogP contribution < -0.4 is 16.8 Å². The van der Waals surface area contributed by atoms with E-state index >= 15 is 0 Å². The number of pyridine rings is 1. The number of nitrogens with one attached hydrogen (secondary N) is 1. The third kappa shape index (κ3) is 12.3. The summed E-state index contributed by atoms with van der Waals surface area (Å²) in [6.07, 6.45) is 4.64. The van der Waals surface area contributed by atoms with Gasteiger partial charge in [-0.2, -0.15) is 11.8 Å². The van der Waals surface area contributed by atoms with E-state index in [1.165, 1.54) is 35.8 Å². The molecule has 6 N–H and O–H groups in total. The number of aromatic nitrogens is 1. The van der Waals surface area contributed by atoms with Crippen LogP contribution in [-0.4, -0.2) is 56.3 Å². The number of rotatable bonds is 16. The second-order valence-corrected chi connectivity index (χ2v) is 8.97. The summed E-state index contributed by atoms with van der Waals surface area (Å²) in [7, 11) is 0. The van der Waals surface area contributed by atoms with Gasteiger partial charge >= 0.3 is 5.97 Å². The molecule has 0 radical (unpaired) electrons. The van der Waals surface area contributed by atoms with Crippen LogP contribution in [-0.2, 0) is 20.9 Å². The molecule has 30 heavy (non-hydrogen) atoms. The van der Waals surface area contributed by atoms with E-state index in [1.807, 2.05) is 0 Å². The van der Waals surface area contributed by atoms with Crippen molar-refractivity contribution in [2.24, 2.45) is 11.5 Å². The fraction of sp³-hybridized carbons (Fsp3) is 0.526. The Morgan fingerprint density at radius 1 is 1.10 bits per heavy atom. The molecule has 11 heteroatoms. The number of unbranched alkanes of at least 4 members (excludes halogenated alkanes) is 1. The Kier molecular flexibility index (Phi) is 12.6. The fourth-order valence-corrected chi connectivity index (χ4v) is 4.52.